The Morgan fingerprint density at radius 1 is 0.941 bits per heavy atom. The highest BCUT2D eigenvalue weighted by Gasteiger charge is 2.31. The molecule has 3 rings (SSSR count). The van der Waals surface area contributed by atoms with Crippen LogP contribution >= 0.6 is 0 Å². The van der Waals surface area contributed by atoms with Gasteiger partial charge in [-0.1, -0.05) is 18.2 Å². The van der Waals surface area contributed by atoms with Gasteiger partial charge in [0.2, 0.25) is 5.91 Å². The van der Waals surface area contributed by atoms with E-state index in [0.29, 0.717) is 11.8 Å². The number of sulfonamides is 1. The molecule has 2 amide bonds. The molecular formula is C23H20F3N3O4S. The maximum Gasteiger partial charge on any atom is 0.416 e. The molecule has 3 aromatic carbocycles. The lowest BCUT2D eigenvalue weighted by atomic mass is 10.1. The first-order valence-corrected chi connectivity index (χ1v) is 11.4. The Labute approximate surface area is 194 Å². The molecular weight excluding hydrogens is 471 g/mol. The fourth-order valence-electron chi connectivity index (χ4n) is 3.20. The molecule has 0 bridgehead atoms. The van der Waals surface area contributed by atoms with E-state index in [-0.39, 0.29) is 28.3 Å². The van der Waals surface area contributed by atoms with Crippen LogP contribution in [-0.2, 0) is 16.2 Å². The summed E-state index contributed by atoms with van der Waals surface area (Å²) in [7, 11) is -4.30. The van der Waals surface area contributed by atoms with E-state index in [1.54, 1.807) is 19.1 Å². The zero-order valence-corrected chi connectivity index (χ0v) is 18.7. The van der Waals surface area contributed by atoms with E-state index in [1.807, 2.05) is 0 Å². The Morgan fingerprint density at radius 2 is 1.59 bits per heavy atom. The molecule has 0 unspecified atom stereocenters. The molecule has 34 heavy (non-hydrogen) atoms. The maximum atomic E-state index is 13.1. The number of hydrogen-bond donors (Lipinski definition) is 2. The first-order chi connectivity index (χ1) is 15.9. The summed E-state index contributed by atoms with van der Waals surface area (Å²) in [4.78, 5) is 25.6. The number of benzene rings is 3. The zero-order valence-electron chi connectivity index (χ0n) is 17.8. The number of carbonyl (C=O) groups excluding carboxylic acids is 2. The summed E-state index contributed by atoms with van der Waals surface area (Å²) in [6.07, 6.45) is -4.64. The van der Waals surface area contributed by atoms with Crippen LogP contribution in [0.2, 0.25) is 0 Å². The van der Waals surface area contributed by atoms with Crippen LogP contribution < -0.4 is 15.4 Å². The molecule has 0 aliphatic heterocycles. The molecule has 0 saturated carbocycles. The highest BCUT2D eigenvalue weighted by atomic mass is 32.2. The molecule has 3 aromatic rings. The number of alkyl halides is 3. The zero-order chi connectivity index (χ0) is 25.1. The second kappa shape index (κ2) is 9.56. The van der Waals surface area contributed by atoms with E-state index >= 15 is 0 Å². The molecule has 0 heterocycles. The van der Waals surface area contributed by atoms with Crippen LogP contribution in [0.1, 0.15) is 33.2 Å². The second-order valence-electron chi connectivity index (χ2n) is 7.18. The number of halogens is 3. The third-order valence-electron chi connectivity index (χ3n) is 4.84. The largest absolute Gasteiger partial charge is 0.416 e. The Bertz CT molecular complexity index is 1340. The van der Waals surface area contributed by atoms with Crippen molar-refractivity contribution in [3.8, 4) is 0 Å². The van der Waals surface area contributed by atoms with Crippen molar-refractivity contribution in [3.05, 3.63) is 89.5 Å². The molecule has 0 radical (unpaired) electrons. The van der Waals surface area contributed by atoms with Gasteiger partial charge in [-0.3, -0.25) is 14.3 Å². The van der Waals surface area contributed by atoms with Crippen LogP contribution in [0.4, 0.5) is 24.5 Å². The Morgan fingerprint density at radius 3 is 2.24 bits per heavy atom. The minimum atomic E-state index is -4.64. The molecule has 0 fully saturated rings. The molecule has 0 atom stereocenters. The van der Waals surface area contributed by atoms with Crippen molar-refractivity contribution in [2.24, 2.45) is 5.73 Å². The summed E-state index contributed by atoms with van der Waals surface area (Å²) in [5.74, 6) is -1.21. The normalized spacial score (nSPS) is 11.6. The standard InChI is InChI=1S/C23H20F3N3O4S/c1-2-29(19-10-3-6-15(12-19)21(27)30)22(31)16-7-4-11-20(13-16)34(32,33)28-18-9-5-8-17(14-18)23(24,25)26/h3-14,28H,2H2,1H3,(H2,27,30). The van der Waals surface area contributed by atoms with Crippen molar-refractivity contribution in [1.29, 1.82) is 0 Å². The third-order valence-corrected chi connectivity index (χ3v) is 6.22. The first-order valence-electron chi connectivity index (χ1n) is 9.94. The number of nitrogens with two attached hydrogens (primary N) is 1. The predicted octanol–water partition coefficient (Wildman–Crippen LogP) is 4.27. The minimum Gasteiger partial charge on any atom is -0.366 e. The van der Waals surface area contributed by atoms with Gasteiger partial charge >= 0.3 is 6.18 Å². The van der Waals surface area contributed by atoms with Crippen LogP contribution in [0.3, 0.4) is 0 Å². The number of nitrogens with zero attached hydrogens (tertiary/aromatic N) is 1. The van der Waals surface area contributed by atoms with Gasteiger partial charge in [-0.05, 0) is 61.5 Å². The van der Waals surface area contributed by atoms with E-state index in [9.17, 15) is 31.2 Å². The quantitative estimate of drug-likeness (QED) is 0.514. The maximum absolute atomic E-state index is 13.1. The van der Waals surface area contributed by atoms with Gasteiger partial charge in [0.05, 0.1) is 10.5 Å². The fourth-order valence-corrected chi connectivity index (χ4v) is 4.29. The summed E-state index contributed by atoms with van der Waals surface area (Å²) in [5, 5.41) is 0. The van der Waals surface area contributed by atoms with Crippen LogP contribution in [0, 0.1) is 0 Å². The van der Waals surface area contributed by atoms with E-state index in [4.69, 9.17) is 5.73 Å². The number of carbonyl (C=O) groups is 2. The van der Waals surface area contributed by atoms with Gasteiger partial charge < -0.3 is 10.6 Å². The molecule has 178 valence electrons. The molecule has 0 aromatic heterocycles. The number of nitrogens with one attached hydrogen (secondary N) is 1. The number of rotatable bonds is 7. The van der Waals surface area contributed by atoms with Crippen molar-refractivity contribution in [2.45, 2.75) is 18.0 Å². The van der Waals surface area contributed by atoms with Crippen LogP contribution in [0.15, 0.2) is 77.7 Å². The Hall–Kier alpha value is -3.86. The van der Waals surface area contributed by atoms with Crippen LogP contribution in [0.5, 0.6) is 0 Å². The van der Waals surface area contributed by atoms with Gasteiger partial charge in [0.25, 0.3) is 15.9 Å². The van der Waals surface area contributed by atoms with Crippen molar-refractivity contribution in [3.63, 3.8) is 0 Å². The summed E-state index contributed by atoms with van der Waals surface area (Å²) >= 11 is 0. The molecule has 3 N–H and O–H groups in total. The molecule has 7 nitrogen and oxygen atoms in total. The molecule has 0 spiro atoms. The van der Waals surface area contributed by atoms with Crippen molar-refractivity contribution in [2.75, 3.05) is 16.2 Å². The van der Waals surface area contributed by atoms with Gasteiger partial charge in [0, 0.05) is 29.0 Å². The van der Waals surface area contributed by atoms with Gasteiger partial charge in [0.1, 0.15) is 0 Å². The Kier molecular flexibility index (Phi) is 6.96. The lowest BCUT2D eigenvalue weighted by molar-refractivity contribution is -0.137. The molecule has 0 aliphatic rings. The minimum absolute atomic E-state index is 0.0262. The number of anilines is 2. The second-order valence-corrected chi connectivity index (χ2v) is 8.86. The predicted molar refractivity (Wildman–Crippen MR) is 121 cm³/mol. The third kappa shape index (κ3) is 5.54. The average molecular weight is 491 g/mol. The number of hydrogen-bond acceptors (Lipinski definition) is 4. The summed E-state index contributed by atoms with van der Waals surface area (Å²) in [6, 6.07) is 15.0. The van der Waals surface area contributed by atoms with Gasteiger partial charge in [-0.15, -0.1) is 0 Å². The van der Waals surface area contributed by atoms with E-state index < -0.39 is 33.6 Å². The summed E-state index contributed by atoms with van der Waals surface area (Å²) in [6.45, 7) is 1.91. The fraction of sp³-hybridized carbons (Fsp3) is 0.130. The highest BCUT2D eigenvalue weighted by molar-refractivity contribution is 7.92. The summed E-state index contributed by atoms with van der Waals surface area (Å²) < 4.78 is 66.5. The lowest BCUT2D eigenvalue weighted by Gasteiger charge is -2.22. The van der Waals surface area contributed by atoms with Crippen molar-refractivity contribution in [1.82, 2.24) is 0 Å². The highest BCUT2D eigenvalue weighted by Crippen LogP contribution is 2.31. The van der Waals surface area contributed by atoms with Crippen LogP contribution in [-0.4, -0.2) is 26.8 Å². The molecule has 0 saturated heterocycles. The average Bonchev–Trinajstić information content (AvgIpc) is 2.79. The van der Waals surface area contributed by atoms with E-state index in [1.165, 1.54) is 41.3 Å². The summed E-state index contributed by atoms with van der Waals surface area (Å²) in [5.41, 5.74) is 4.63. The van der Waals surface area contributed by atoms with E-state index in [0.717, 1.165) is 18.2 Å². The van der Waals surface area contributed by atoms with Gasteiger partial charge in [0.15, 0.2) is 0 Å². The molecule has 11 heteroatoms. The topological polar surface area (TPSA) is 110 Å². The SMILES string of the molecule is CCN(C(=O)c1cccc(S(=O)(=O)Nc2cccc(C(F)(F)F)c2)c1)c1cccc(C(N)=O)c1. The van der Waals surface area contributed by atoms with Crippen molar-refractivity contribution < 1.29 is 31.2 Å². The number of amides is 2. The smallest absolute Gasteiger partial charge is 0.366 e. The first kappa shape index (κ1) is 24.8. The monoisotopic (exact) mass is 491 g/mol. The Balaban J connectivity index is 1.91. The van der Waals surface area contributed by atoms with Gasteiger partial charge in [-0.2, -0.15) is 13.2 Å². The number of primary amides is 1. The van der Waals surface area contributed by atoms with E-state index in [2.05, 4.69) is 4.72 Å². The van der Waals surface area contributed by atoms with Crippen molar-refractivity contribution >= 4 is 33.2 Å². The van der Waals surface area contributed by atoms with Crippen LogP contribution in [0.25, 0.3) is 0 Å². The van der Waals surface area contributed by atoms with Gasteiger partial charge in [-0.25, -0.2) is 8.42 Å². The molecule has 0 aliphatic carbocycles. The lowest BCUT2D eigenvalue weighted by Crippen LogP contribution is -2.31.